The van der Waals surface area contributed by atoms with E-state index in [1.54, 1.807) is 7.11 Å². The minimum atomic E-state index is -0.176. The highest BCUT2D eigenvalue weighted by molar-refractivity contribution is 5.68. The van der Waals surface area contributed by atoms with Crippen LogP contribution in [0.2, 0.25) is 0 Å². The molecule has 2 aromatic rings. The number of nitrogens with one attached hydrogen (secondary N) is 1. The third-order valence-corrected chi connectivity index (χ3v) is 3.41. The van der Waals surface area contributed by atoms with Crippen molar-refractivity contribution in [3.63, 3.8) is 0 Å². The van der Waals surface area contributed by atoms with Crippen molar-refractivity contribution >= 4 is 0 Å². The summed E-state index contributed by atoms with van der Waals surface area (Å²) in [6.45, 7) is 4.56. The molecule has 0 saturated heterocycles. The summed E-state index contributed by atoms with van der Waals surface area (Å²) in [5.74, 6) is 0.733. The first-order valence-corrected chi connectivity index (χ1v) is 6.65. The Morgan fingerprint density at radius 2 is 1.70 bits per heavy atom. The topological polar surface area (TPSA) is 21.3 Å². The molecule has 0 saturated carbocycles. The zero-order chi connectivity index (χ0) is 14.7. The summed E-state index contributed by atoms with van der Waals surface area (Å²) < 4.78 is 19.1. The normalized spacial score (nSPS) is 10.7. The van der Waals surface area contributed by atoms with E-state index < -0.39 is 0 Å². The fourth-order valence-corrected chi connectivity index (χ4v) is 2.52. The van der Waals surface area contributed by atoms with E-state index in [1.165, 1.54) is 6.07 Å². The lowest BCUT2D eigenvalue weighted by atomic mass is 9.98. The second kappa shape index (κ2) is 6.06. The van der Waals surface area contributed by atoms with Gasteiger partial charge in [-0.25, -0.2) is 4.39 Å². The molecule has 0 aromatic heterocycles. The van der Waals surface area contributed by atoms with Crippen LogP contribution in [0, 0.1) is 19.7 Å². The molecule has 0 heterocycles. The van der Waals surface area contributed by atoms with Crippen LogP contribution in [0.15, 0.2) is 30.3 Å². The molecule has 0 fully saturated rings. The van der Waals surface area contributed by atoms with Crippen LogP contribution in [0.3, 0.4) is 0 Å². The number of halogens is 1. The Labute approximate surface area is 119 Å². The number of ether oxygens (including phenoxy) is 1. The molecule has 1 N–H and O–H groups in total. The Morgan fingerprint density at radius 3 is 2.25 bits per heavy atom. The monoisotopic (exact) mass is 273 g/mol. The van der Waals surface area contributed by atoms with Gasteiger partial charge >= 0.3 is 0 Å². The molecule has 106 valence electrons. The molecule has 0 atom stereocenters. The molecule has 0 spiro atoms. The van der Waals surface area contributed by atoms with Gasteiger partial charge in [0.2, 0.25) is 0 Å². The Bertz CT molecular complexity index is 599. The minimum absolute atomic E-state index is 0.176. The van der Waals surface area contributed by atoms with Crippen molar-refractivity contribution in [2.75, 3.05) is 14.2 Å². The third-order valence-electron chi connectivity index (χ3n) is 3.41. The largest absolute Gasteiger partial charge is 0.496 e. The lowest BCUT2D eigenvalue weighted by Gasteiger charge is -2.12. The fraction of sp³-hybridized carbons (Fsp3) is 0.294. The summed E-state index contributed by atoms with van der Waals surface area (Å²) in [7, 11) is 3.49. The molecule has 3 heteroatoms. The average Bonchev–Trinajstić information content (AvgIpc) is 2.41. The van der Waals surface area contributed by atoms with Gasteiger partial charge in [0.15, 0.2) is 0 Å². The van der Waals surface area contributed by atoms with Gasteiger partial charge < -0.3 is 10.1 Å². The number of methoxy groups -OCH3 is 1. The molecule has 2 aromatic carbocycles. The van der Waals surface area contributed by atoms with Crippen LogP contribution in [0.5, 0.6) is 5.75 Å². The number of benzene rings is 2. The van der Waals surface area contributed by atoms with Crippen molar-refractivity contribution in [1.82, 2.24) is 5.32 Å². The molecule has 2 rings (SSSR count). The van der Waals surface area contributed by atoms with Gasteiger partial charge in [-0.1, -0.05) is 6.07 Å². The fourth-order valence-electron chi connectivity index (χ4n) is 2.52. The minimum Gasteiger partial charge on any atom is -0.496 e. The van der Waals surface area contributed by atoms with Gasteiger partial charge in [0.1, 0.15) is 11.6 Å². The summed E-state index contributed by atoms with van der Waals surface area (Å²) in [6.07, 6.45) is 0. The maximum atomic E-state index is 13.7. The molecule has 0 aliphatic carbocycles. The Balaban J connectivity index is 2.49. The van der Waals surface area contributed by atoms with Crippen molar-refractivity contribution in [3.05, 3.63) is 52.8 Å². The summed E-state index contributed by atoms with van der Waals surface area (Å²) >= 11 is 0. The van der Waals surface area contributed by atoms with E-state index in [-0.39, 0.29) is 5.82 Å². The molecular formula is C17H20FNO. The van der Waals surface area contributed by atoms with E-state index in [4.69, 9.17) is 4.74 Å². The number of rotatable bonds is 4. The Kier molecular flexibility index (Phi) is 4.40. The van der Waals surface area contributed by atoms with E-state index >= 15 is 0 Å². The molecule has 0 unspecified atom stereocenters. The van der Waals surface area contributed by atoms with Crippen LogP contribution in [0.1, 0.15) is 16.7 Å². The highest BCUT2D eigenvalue weighted by Gasteiger charge is 2.09. The SMILES string of the molecule is CNCc1cc(-c2cc(C)c(OC)c(C)c2)ccc1F. The van der Waals surface area contributed by atoms with Crippen molar-refractivity contribution in [2.45, 2.75) is 20.4 Å². The molecule has 0 aliphatic heterocycles. The number of hydrogen-bond donors (Lipinski definition) is 1. The summed E-state index contributed by atoms with van der Waals surface area (Å²) in [5.41, 5.74) is 4.95. The van der Waals surface area contributed by atoms with Gasteiger partial charge in [0.25, 0.3) is 0 Å². The molecular weight excluding hydrogens is 253 g/mol. The van der Waals surface area contributed by atoms with E-state index in [2.05, 4.69) is 17.4 Å². The van der Waals surface area contributed by atoms with Crippen LogP contribution in [0.4, 0.5) is 4.39 Å². The predicted molar refractivity (Wildman–Crippen MR) is 80.6 cm³/mol. The smallest absolute Gasteiger partial charge is 0.127 e. The van der Waals surface area contributed by atoms with Gasteiger partial charge in [-0.05, 0) is 67.4 Å². The lowest BCUT2D eigenvalue weighted by Crippen LogP contribution is -2.07. The summed E-state index contributed by atoms with van der Waals surface area (Å²) in [6, 6.07) is 9.38. The van der Waals surface area contributed by atoms with E-state index in [0.29, 0.717) is 12.1 Å². The first kappa shape index (κ1) is 14.5. The Hall–Kier alpha value is -1.87. The standard InChI is InChI=1S/C17H20FNO/c1-11-7-14(8-12(2)17(11)20-4)13-5-6-16(18)15(9-13)10-19-3/h5-9,19H,10H2,1-4H3. The van der Waals surface area contributed by atoms with Crippen LogP contribution < -0.4 is 10.1 Å². The first-order valence-electron chi connectivity index (χ1n) is 6.65. The number of hydrogen-bond acceptors (Lipinski definition) is 2. The molecule has 2 nitrogen and oxygen atoms in total. The molecule has 0 aliphatic rings. The lowest BCUT2D eigenvalue weighted by molar-refractivity contribution is 0.408. The van der Waals surface area contributed by atoms with Crippen molar-refractivity contribution in [3.8, 4) is 16.9 Å². The van der Waals surface area contributed by atoms with E-state index in [0.717, 1.165) is 28.0 Å². The maximum Gasteiger partial charge on any atom is 0.127 e. The maximum absolute atomic E-state index is 13.7. The van der Waals surface area contributed by atoms with Crippen molar-refractivity contribution in [2.24, 2.45) is 0 Å². The highest BCUT2D eigenvalue weighted by Crippen LogP contribution is 2.30. The number of aryl methyl sites for hydroxylation is 2. The third kappa shape index (κ3) is 2.83. The second-order valence-electron chi connectivity index (χ2n) is 4.98. The van der Waals surface area contributed by atoms with Crippen LogP contribution in [-0.2, 0) is 6.54 Å². The van der Waals surface area contributed by atoms with Crippen molar-refractivity contribution in [1.29, 1.82) is 0 Å². The van der Waals surface area contributed by atoms with Gasteiger partial charge in [0.05, 0.1) is 7.11 Å². The van der Waals surface area contributed by atoms with Crippen LogP contribution >= 0.6 is 0 Å². The summed E-state index contributed by atoms with van der Waals surface area (Å²) in [4.78, 5) is 0. The van der Waals surface area contributed by atoms with Crippen molar-refractivity contribution < 1.29 is 9.13 Å². The van der Waals surface area contributed by atoms with Gasteiger partial charge in [-0.15, -0.1) is 0 Å². The molecule has 0 amide bonds. The zero-order valence-electron chi connectivity index (χ0n) is 12.4. The quantitative estimate of drug-likeness (QED) is 0.914. The van der Waals surface area contributed by atoms with E-state index in [9.17, 15) is 4.39 Å². The summed E-state index contributed by atoms with van der Waals surface area (Å²) in [5, 5.41) is 2.98. The zero-order valence-corrected chi connectivity index (χ0v) is 12.4. The second-order valence-corrected chi connectivity index (χ2v) is 4.98. The molecule has 20 heavy (non-hydrogen) atoms. The van der Waals surface area contributed by atoms with Gasteiger partial charge in [0, 0.05) is 12.1 Å². The van der Waals surface area contributed by atoms with Gasteiger partial charge in [-0.3, -0.25) is 0 Å². The van der Waals surface area contributed by atoms with Crippen LogP contribution in [0.25, 0.3) is 11.1 Å². The average molecular weight is 273 g/mol. The van der Waals surface area contributed by atoms with Crippen LogP contribution in [-0.4, -0.2) is 14.2 Å². The Morgan fingerprint density at radius 1 is 1.05 bits per heavy atom. The molecule has 0 radical (unpaired) electrons. The van der Waals surface area contributed by atoms with Gasteiger partial charge in [-0.2, -0.15) is 0 Å². The molecule has 0 bridgehead atoms. The highest BCUT2D eigenvalue weighted by atomic mass is 19.1. The van der Waals surface area contributed by atoms with E-state index in [1.807, 2.05) is 33.0 Å². The first-order chi connectivity index (χ1) is 9.56. The predicted octanol–water partition coefficient (Wildman–Crippen LogP) is 3.84.